The van der Waals surface area contributed by atoms with E-state index in [9.17, 15) is 4.79 Å². The zero-order valence-electron chi connectivity index (χ0n) is 11.1. The fourth-order valence-electron chi connectivity index (χ4n) is 1.76. The van der Waals surface area contributed by atoms with Crippen molar-refractivity contribution in [3.05, 3.63) is 47.0 Å². The lowest BCUT2D eigenvalue weighted by Crippen LogP contribution is -1.95. The molecule has 1 rings (SSSR count). The molecule has 0 heterocycles. The van der Waals surface area contributed by atoms with E-state index in [2.05, 4.69) is 19.1 Å². The van der Waals surface area contributed by atoms with E-state index in [1.165, 1.54) is 24.8 Å². The smallest absolute Gasteiger partial charge is 0.185 e. The van der Waals surface area contributed by atoms with Crippen molar-refractivity contribution in [2.24, 2.45) is 0 Å². The molecule has 0 atom stereocenters. The van der Waals surface area contributed by atoms with Crippen molar-refractivity contribution in [3.8, 4) is 0 Å². The van der Waals surface area contributed by atoms with Crippen molar-refractivity contribution in [2.75, 3.05) is 0 Å². The average Bonchev–Trinajstić information content (AvgIpc) is 2.29. The zero-order valence-corrected chi connectivity index (χ0v) is 11.1. The van der Waals surface area contributed by atoms with E-state index in [4.69, 9.17) is 0 Å². The van der Waals surface area contributed by atoms with Gasteiger partial charge in [-0.05, 0) is 38.3 Å². The quantitative estimate of drug-likeness (QED) is 0.397. The van der Waals surface area contributed by atoms with Crippen LogP contribution in [0.1, 0.15) is 56.0 Å². The maximum atomic E-state index is 11.8. The summed E-state index contributed by atoms with van der Waals surface area (Å²) < 4.78 is 0. The third-order valence-electron chi connectivity index (χ3n) is 2.73. The number of hydrogen-bond acceptors (Lipinski definition) is 1. The fraction of sp³-hybridized carbons (Fsp3) is 0.438. The number of carbonyl (C=O) groups excluding carboxylic acids is 1. The minimum absolute atomic E-state index is 0.102. The Labute approximate surface area is 105 Å². The molecule has 0 bridgehead atoms. The lowest BCUT2D eigenvalue weighted by Gasteiger charge is -2.02. The summed E-state index contributed by atoms with van der Waals surface area (Å²) in [5.74, 6) is 0.102. The van der Waals surface area contributed by atoms with Crippen molar-refractivity contribution >= 4 is 5.78 Å². The monoisotopic (exact) mass is 230 g/mol. The van der Waals surface area contributed by atoms with Gasteiger partial charge in [0, 0.05) is 5.56 Å². The van der Waals surface area contributed by atoms with Gasteiger partial charge in [0.1, 0.15) is 0 Å². The summed E-state index contributed by atoms with van der Waals surface area (Å²) in [6.07, 6.45) is 6.56. The summed E-state index contributed by atoms with van der Waals surface area (Å²) in [5.41, 5.74) is 3.15. The van der Waals surface area contributed by atoms with Gasteiger partial charge in [0.25, 0.3) is 0 Å². The molecule has 0 unspecified atom stereocenters. The van der Waals surface area contributed by atoms with E-state index in [-0.39, 0.29) is 5.78 Å². The van der Waals surface area contributed by atoms with Crippen LogP contribution >= 0.6 is 0 Å². The number of ketones is 1. The summed E-state index contributed by atoms with van der Waals surface area (Å²) in [7, 11) is 0. The van der Waals surface area contributed by atoms with Gasteiger partial charge in [-0.15, -0.1) is 0 Å². The third kappa shape index (κ3) is 4.99. The van der Waals surface area contributed by atoms with E-state index < -0.39 is 0 Å². The van der Waals surface area contributed by atoms with Gasteiger partial charge in [0.15, 0.2) is 5.78 Å². The van der Waals surface area contributed by atoms with Gasteiger partial charge in [0.2, 0.25) is 0 Å². The lowest BCUT2D eigenvalue weighted by molar-refractivity contribution is 0.104. The van der Waals surface area contributed by atoms with E-state index in [1.54, 1.807) is 6.08 Å². The van der Waals surface area contributed by atoms with Crippen LogP contribution in [0.15, 0.2) is 35.9 Å². The molecule has 1 aromatic carbocycles. The van der Waals surface area contributed by atoms with Crippen LogP contribution in [0.3, 0.4) is 0 Å². The first-order valence-corrected chi connectivity index (χ1v) is 6.41. The second kappa shape index (κ2) is 7.05. The summed E-state index contributed by atoms with van der Waals surface area (Å²) in [5, 5.41) is 0. The summed E-state index contributed by atoms with van der Waals surface area (Å²) in [6.45, 7) is 6.09. The molecule has 1 heteroatoms. The molecule has 0 amide bonds. The van der Waals surface area contributed by atoms with E-state index >= 15 is 0 Å². The first-order valence-electron chi connectivity index (χ1n) is 6.41. The van der Waals surface area contributed by atoms with Crippen LogP contribution in [0.25, 0.3) is 0 Å². The summed E-state index contributed by atoms with van der Waals surface area (Å²) in [4.78, 5) is 11.8. The molecule has 0 saturated heterocycles. The van der Waals surface area contributed by atoms with Crippen LogP contribution in [-0.4, -0.2) is 5.78 Å². The van der Waals surface area contributed by atoms with Gasteiger partial charge in [-0.1, -0.05) is 49.6 Å². The lowest BCUT2D eigenvalue weighted by atomic mass is 10.0. The van der Waals surface area contributed by atoms with Crippen molar-refractivity contribution in [1.29, 1.82) is 0 Å². The Bertz CT molecular complexity index is 380. The van der Waals surface area contributed by atoms with E-state index in [0.717, 1.165) is 17.6 Å². The topological polar surface area (TPSA) is 17.1 Å². The number of allylic oxidation sites excluding steroid dienone is 2. The van der Waals surface area contributed by atoms with Crippen LogP contribution in [0, 0.1) is 0 Å². The van der Waals surface area contributed by atoms with Crippen LogP contribution in [0.4, 0.5) is 0 Å². The molecule has 0 N–H and O–H groups in total. The Balaban J connectivity index is 2.61. The number of carbonyl (C=O) groups is 1. The van der Waals surface area contributed by atoms with Crippen molar-refractivity contribution in [3.63, 3.8) is 0 Å². The minimum atomic E-state index is 0.102. The highest BCUT2D eigenvalue weighted by molar-refractivity contribution is 6.04. The molecule has 1 aromatic rings. The Hall–Kier alpha value is -1.37. The first-order chi connectivity index (χ1) is 8.13. The Kier molecular flexibility index (Phi) is 5.68. The molecular weight excluding hydrogens is 208 g/mol. The number of benzene rings is 1. The predicted octanol–water partition coefficient (Wildman–Crippen LogP) is 4.57. The Morgan fingerprint density at radius 2 is 1.76 bits per heavy atom. The molecule has 0 aliphatic heterocycles. The average molecular weight is 230 g/mol. The van der Waals surface area contributed by atoms with Crippen LogP contribution < -0.4 is 0 Å². The van der Waals surface area contributed by atoms with Gasteiger partial charge in [-0.25, -0.2) is 0 Å². The number of hydrogen-bond donors (Lipinski definition) is 0. The Morgan fingerprint density at radius 1 is 1.12 bits per heavy atom. The van der Waals surface area contributed by atoms with E-state index in [0.29, 0.717) is 0 Å². The van der Waals surface area contributed by atoms with Gasteiger partial charge in [0.05, 0.1) is 0 Å². The highest BCUT2D eigenvalue weighted by atomic mass is 16.1. The van der Waals surface area contributed by atoms with Crippen molar-refractivity contribution in [1.82, 2.24) is 0 Å². The first kappa shape index (κ1) is 13.7. The van der Waals surface area contributed by atoms with E-state index in [1.807, 2.05) is 26.0 Å². The second-order valence-electron chi connectivity index (χ2n) is 4.74. The molecule has 0 radical (unpaired) electrons. The number of unbranched alkanes of at least 4 members (excludes halogenated alkanes) is 2. The minimum Gasteiger partial charge on any atom is -0.289 e. The standard InChI is InChI=1S/C16H22O/c1-4-5-6-7-14-8-10-15(11-9-14)16(17)12-13(2)3/h8-12H,4-7H2,1-3H3. The summed E-state index contributed by atoms with van der Waals surface area (Å²) in [6, 6.07) is 8.01. The molecule has 92 valence electrons. The normalized spacial score (nSPS) is 10.1. The predicted molar refractivity (Wildman–Crippen MR) is 73.4 cm³/mol. The van der Waals surface area contributed by atoms with Gasteiger partial charge in [-0.3, -0.25) is 4.79 Å². The number of rotatable bonds is 6. The van der Waals surface area contributed by atoms with Crippen LogP contribution in [0.5, 0.6) is 0 Å². The van der Waals surface area contributed by atoms with Gasteiger partial charge in [-0.2, -0.15) is 0 Å². The molecule has 0 saturated carbocycles. The van der Waals surface area contributed by atoms with Gasteiger partial charge >= 0.3 is 0 Å². The fourth-order valence-corrected chi connectivity index (χ4v) is 1.76. The molecule has 1 nitrogen and oxygen atoms in total. The third-order valence-corrected chi connectivity index (χ3v) is 2.73. The largest absolute Gasteiger partial charge is 0.289 e. The van der Waals surface area contributed by atoms with Crippen molar-refractivity contribution in [2.45, 2.75) is 46.5 Å². The molecule has 0 aliphatic rings. The molecule has 0 spiro atoms. The van der Waals surface area contributed by atoms with Crippen LogP contribution in [-0.2, 0) is 6.42 Å². The van der Waals surface area contributed by atoms with Gasteiger partial charge < -0.3 is 0 Å². The zero-order chi connectivity index (χ0) is 12.7. The van der Waals surface area contributed by atoms with Crippen molar-refractivity contribution < 1.29 is 4.79 Å². The molecule has 0 aliphatic carbocycles. The molecule has 17 heavy (non-hydrogen) atoms. The Morgan fingerprint density at radius 3 is 2.29 bits per heavy atom. The second-order valence-corrected chi connectivity index (χ2v) is 4.74. The molecule has 0 aromatic heterocycles. The molecule has 0 fully saturated rings. The highest BCUT2D eigenvalue weighted by Crippen LogP contribution is 2.10. The van der Waals surface area contributed by atoms with Crippen LogP contribution in [0.2, 0.25) is 0 Å². The number of aryl methyl sites for hydroxylation is 1. The maximum absolute atomic E-state index is 11.8. The maximum Gasteiger partial charge on any atom is 0.185 e. The molecular formula is C16H22O. The highest BCUT2D eigenvalue weighted by Gasteiger charge is 2.02. The SMILES string of the molecule is CCCCCc1ccc(C(=O)C=C(C)C)cc1. The summed E-state index contributed by atoms with van der Waals surface area (Å²) >= 11 is 0.